The van der Waals surface area contributed by atoms with Gasteiger partial charge in [-0.1, -0.05) is 36.2 Å². The number of hydrogen-bond donors (Lipinski definition) is 1. The molecular weight excluding hydrogens is 274 g/mol. The first kappa shape index (κ1) is 13.5. The minimum absolute atomic E-state index is 0.461. The number of hydrogen-bond acceptors (Lipinski definition) is 6. The van der Waals surface area contributed by atoms with Gasteiger partial charge in [0.15, 0.2) is 5.82 Å². The van der Waals surface area contributed by atoms with Gasteiger partial charge in [0, 0.05) is 12.0 Å². The van der Waals surface area contributed by atoms with Crippen molar-refractivity contribution in [1.82, 2.24) is 20.0 Å². The molecule has 1 fully saturated rings. The fourth-order valence-corrected chi connectivity index (χ4v) is 3.38. The molecule has 1 saturated carbocycles. The lowest BCUT2D eigenvalue weighted by molar-refractivity contribution is 0.391. The minimum Gasteiger partial charge on any atom is -0.360 e. The van der Waals surface area contributed by atoms with E-state index in [9.17, 15) is 0 Å². The van der Waals surface area contributed by atoms with E-state index in [-0.39, 0.29) is 0 Å². The molecule has 2 aromatic rings. The van der Waals surface area contributed by atoms with Crippen molar-refractivity contribution in [3.8, 4) is 0 Å². The summed E-state index contributed by atoms with van der Waals surface area (Å²) in [6.07, 6.45) is 6.18. The summed E-state index contributed by atoms with van der Waals surface area (Å²) in [6.45, 7) is 1.91. The van der Waals surface area contributed by atoms with Crippen LogP contribution in [-0.2, 0) is 5.75 Å². The van der Waals surface area contributed by atoms with Gasteiger partial charge in [0.1, 0.15) is 5.76 Å². The second-order valence-corrected chi connectivity index (χ2v) is 6.21. The molecule has 0 unspecified atom stereocenters. The Kier molecular flexibility index (Phi) is 3.95. The number of nitrogen functional groups attached to an aromatic ring is 1. The van der Waals surface area contributed by atoms with E-state index in [2.05, 4.69) is 15.4 Å². The quantitative estimate of drug-likeness (QED) is 0.689. The number of aromatic nitrogens is 4. The average Bonchev–Trinajstić information content (AvgIpc) is 3.04. The van der Waals surface area contributed by atoms with Crippen molar-refractivity contribution in [3.05, 3.63) is 23.3 Å². The zero-order chi connectivity index (χ0) is 13.9. The summed E-state index contributed by atoms with van der Waals surface area (Å²) in [4.78, 5) is 0. The van der Waals surface area contributed by atoms with Crippen molar-refractivity contribution >= 4 is 11.8 Å². The average molecular weight is 293 g/mol. The SMILES string of the molecule is Cc1cc(CSc2nnc(C3CCCCC3)n2N)on1. The molecule has 20 heavy (non-hydrogen) atoms. The number of rotatable bonds is 4. The highest BCUT2D eigenvalue weighted by atomic mass is 32.2. The van der Waals surface area contributed by atoms with Crippen LogP contribution in [0, 0.1) is 6.92 Å². The predicted molar refractivity (Wildman–Crippen MR) is 76.8 cm³/mol. The van der Waals surface area contributed by atoms with Crippen molar-refractivity contribution in [3.63, 3.8) is 0 Å². The lowest BCUT2D eigenvalue weighted by Gasteiger charge is -2.20. The van der Waals surface area contributed by atoms with E-state index in [0.717, 1.165) is 22.4 Å². The molecule has 2 heterocycles. The van der Waals surface area contributed by atoms with Gasteiger partial charge < -0.3 is 10.4 Å². The molecule has 0 aromatic carbocycles. The van der Waals surface area contributed by atoms with Gasteiger partial charge in [-0.05, 0) is 19.8 Å². The zero-order valence-electron chi connectivity index (χ0n) is 11.6. The van der Waals surface area contributed by atoms with Crippen LogP contribution in [0.15, 0.2) is 15.7 Å². The molecule has 108 valence electrons. The largest absolute Gasteiger partial charge is 0.360 e. The standard InChI is InChI=1S/C13H19N5OS/c1-9-7-11(19-17-9)8-20-13-16-15-12(18(13)14)10-5-3-2-4-6-10/h7,10H,2-6,8,14H2,1H3. The van der Waals surface area contributed by atoms with Crippen LogP contribution >= 0.6 is 11.8 Å². The maximum absolute atomic E-state index is 6.13. The van der Waals surface area contributed by atoms with Crippen LogP contribution in [-0.4, -0.2) is 20.0 Å². The van der Waals surface area contributed by atoms with Crippen LogP contribution < -0.4 is 5.84 Å². The van der Waals surface area contributed by atoms with Gasteiger partial charge in [-0.3, -0.25) is 0 Å². The lowest BCUT2D eigenvalue weighted by atomic mass is 9.89. The molecule has 0 bridgehead atoms. The number of nitrogens with two attached hydrogens (primary N) is 1. The fraction of sp³-hybridized carbons (Fsp3) is 0.615. The molecule has 0 amide bonds. The van der Waals surface area contributed by atoms with E-state index in [1.54, 1.807) is 4.68 Å². The molecular formula is C13H19N5OS. The van der Waals surface area contributed by atoms with Gasteiger partial charge in [-0.25, -0.2) is 4.68 Å². The van der Waals surface area contributed by atoms with E-state index < -0.39 is 0 Å². The van der Waals surface area contributed by atoms with Crippen molar-refractivity contribution in [1.29, 1.82) is 0 Å². The van der Waals surface area contributed by atoms with Crippen LogP contribution in [0.3, 0.4) is 0 Å². The molecule has 1 aliphatic carbocycles. The Morgan fingerprint density at radius 2 is 2.15 bits per heavy atom. The van der Waals surface area contributed by atoms with Gasteiger partial charge in [0.25, 0.3) is 0 Å². The van der Waals surface area contributed by atoms with E-state index in [1.807, 2.05) is 13.0 Å². The Balaban J connectivity index is 1.66. The maximum atomic E-state index is 6.13. The summed E-state index contributed by atoms with van der Waals surface area (Å²) in [5.41, 5.74) is 0.887. The topological polar surface area (TPSA) is 82.8 Å². The molecule has 7 heteroatoms. The second kappa shape index (κ2) is 5.87. The zero-order valence-corrected chi connectivity index (χ0v) is 12.4. The molecule has 0 spiro atoms. The summed E-state index contributed by atoms with van der Waals surface area (Å²) in [7, 11) is 0. The number of thioether (sulfide) groups is 1. The highest BCUT2D eigenvalue weighted by Gasteiger charge is 2.22. The van der Waals surface area contributed by atoms with Crippen LogP contribution in [0.25, 0.3) is 0 Å². The normalized spacial score (nSPS) is 16.6. The molecule has 0 saturated heterocycles. The molecule has 0 aliphatic heterocycles. The molecule has 2 aromatic heterocycles. The monoisotopic (exact) mass is 293 g/mol. The second-order valence-electron chi connectivity index (χ2n) is 5.27. The van der Waals surface area contributed by atoms with Crippen LogP contribution in [0.2, 0.25) is 0 Å². The van der Waals surface area contributed by atoms with Gasteiger partial charge in [-0.2, -0.15) is 0 Å². The first-order valence-electron chi connectivity index (χ1n) is 6.99. The van der Waals surface area contributed by atoms with Crippen LogP contribution in [0.4, 0.5) is 0 Å². The first-order valence-corrected chi connectivity index (χ1v) is 7.98. The van der Waals surface area contributed by atoms with E-state index >= 15 is 0 Å². The van der Waals surface area contributed by atoms with Crippen molar-refractivity contribution in [2.45, 2.75) is 55.9 Å². The fourth-order valence-electron chi connectivity index (χ4n) is 2.65. The Hall–Kier alpha value is -1.50. The predicted octanol–water partition coefficient (Wildman–Crippen LogP) is 2.63. The Bertz CT molecular complexity index is 573. The number of aryl methyl sites for hydroxylation is 1. The minimum atomic E-state index is 0.461. The van der Waals surface area contributed by atoms with Crippen molar-refractivity contribution < 1.29 is 4.52 Å². The summed E-state index contributed by atoms with van der Waals surface area (Å²) in [5.74, 6) is 9.00. The Morgan fingerprint density at radius 3 is 2.85 bits per heavy atom. The van der Waals surface area contributed by atoms with Crippen molar-refractivity contribution in [2.75, 3.05) is 5.84 Å². The summed E-state index contributed by atoms with van der Waals surface area (Å²) in [5, 5.41) is 13.1. The van der Waals surface area contributed by atoms with E-state index in [1.165, 1.54) is 43.9 Å². The summed E-state index contributed by atoms with van der Waals surface area (Å²) < 4.78 is 6.82. The molecule has 2 N–H and O–H groups in total. The third-order valence-corrected chi connectivity index (χ3v) is 4.65. The molecule has 0 atom stereocenters. The molecule has 0 radical (unpaired) electrons. The summed E-state index contributed by atoms with van der Waals surface area (Å²) in [6, 6.07) is 1.92. The molecule has 6 nitrogen and oxygen atoms in total. The third kappa shape index (κ3) is 2.82. The van der Waals surface area contributed by atoms with E-state index in [4.69, 9.17) is 10.4 Å². The van der Waals surface area contributed by atoms with Gasteiger partial charge in [0.05, 0.1) is 11.4 Å². The van der Waals surface area contributed by atoms with Crippen LogP contribution in [0.1, 0.15) is 55.3 Å². The molecule has 3 rings (SSSR count). The molecule has 1 aliphatic rings. The van der Waals surface area contributed by atoms with Crippen molar-refractivity contribution in [2.24, 2.45) is 0 Å². The number of nitrogens with zero attached hydrogens (tertiary/aromatic N) is 4. The Morgan fingerprint density at radius 1 is 1.35 bits per heavy atom. The van der Waals surface area contributed by atoms with Gasteiger partial charge in [0.2, 0.25) is 5.16 Å². The van der Waals surface area contributed by atoms with Gasteiger partial charge >= 0.3 is 0 Å². The van der Waals surface area contributed by atoms with Crippen LogP contribution in [0.5, 0.6) is 0 Å². The summed E-state index contributed by atoms with van der Waals surface area (Å²) >= 11 is 1.53. The first-order chi connectivity index (χ1) is 9.74. The highest BCUT2D eigenvalue weighted by molar-refractivity contribution is 7.98. The van der Waals surface area contributed by atoms with Gasteiger partial charge in [-0.15, -0.1) is 10.2 Å². The Labute approximate surface area is 122 Å². The maximum Gasteiger partial charge on any atom is 0.210 e. The highest BCUT2D eigenvalue weighted by Crippen LogP contribution is 2.32. The lowest BCUT2D eigenvalue weighted by Crippen LogP contribution is -2.18. The van der Waals surface area contributed by atoms with E-state index in [0.29, 0.717) is 11.7 Å². The third-order valence-electron chi connectivity index (χ3n) is 3.68. The smallest absolute Gasteiger partial charge is 0.210 e.